The van der Waals surface area contributed by atoms with Gasteiger partial charge in [0.25, 0.3) is 5.97 Å². The molecule has 0 heterocycles. The summed E-state index contributed by atoms with van der Waals surface area (Å²) in [7, 11) is 0.374. The zero-order valence-corrected chi connectivity index (χ0v) is 18.3. The maximum Gasteiger partial charge on any atom is 0.314 e. The Bertz CT molecular complexity index is 269. The van der Waals surface area contributed by atoms with E-state index in [1.54, 1.807) is 0 Å². The van der Waals surface area contributed by atoms with Gasteiger partial charge in [0.15, 0.2) is 0 Å². The molecule has 0 fully saturated rings. The number of hydrogen-bond donors (Lipinski definition) is 0. The van der Waals surface area contributed by atoms with Crippen molar-refractivity contribution in [2.45, 2.75) is 135 Å². The Labute approximate surface area is 160 Å². The zero-order valence-electron chi connectivity index (χ0n) is 17.3. The van der Waals surface area contributed by atoms with Crippen molar-refractivity contribution in [3.8, 4) is 0 Å². The molecule has 0 spiro atoms. The van der Waals surface area contributed by atoms with Gasteiger partial charge in [-0.25, -0.2) is 0 Å². The van der Waals surface area contributed by atoms with Crippen LogP contribution in [-0.4, -0.2) is 15.7 Å². The molecule has 0 amide bonds. The van der Waals surface area contributed by atoms with Crippen LogP contribution in [0.2, 0.25) is 6.04 Å². The summed E-state index contributed by atoms with van der Waals surface area (Å²) in [6.45, 7) is 4.40. The van der Waals surface area contributed by atoms with Gasteiger partial charge in [-0.3, -0.25) is 4.79 Å². The van der Waals surface area contributed by atoms with E-state index < -0.39 is 0 Å². The van der Waals surface area contributed by atoms with E-state index in [1.807, 2.05) is 0 Å². The van der Waals surface area contributed by atoms with Crippen LogP contribution in [0.3, 0.4) is 0 Å². The summed E-state index contributed by atoms with van der Waals surface area (Å²) in [5.74, 6) is 0.0112. The van der Waals surface area contributed by atoms with Crippen LogP contribution in [0.1, 0.15) is 129 Å². The highest BCUT2D eigenvalue weighted by atomic mass is 28.2. The largest absolute Gasteiger partial charge is 0.516 e. The van der Waals surface area contributed by atoms with E-state index in [-0.39, 0.29) is 5.97 Å². The Morgan fingerprint density at radius 2 is 1.00 bits per heavy atom. The molecule has 0 aliphatic rings. The van der Waals surface area contributed by atoms with Crippen LogP contribution in [0.25, 0.3) is 0 Å². The average molecular weight is 369 g/mol. The summed E-state index contributed by atoms with van der Waals surface area (Å²) in [4.78, 5) is 11.5. The lowest BCUT2D eigenvalue weighted by molar-refractivity contribution is -0.134. The molecule has 0 saturated carbocycles. The van der Waals surface area contributed by atoms with Gasteiger partial charge in [0.1, 0.15) is 0 Å². The summed E-state index contributed by atoms with van der Waals surface area (Å²) in [6.07, 6.45) is 23.6. The zero-order chi connectivity index (χ0) is 18.4. The number of carbonyl (C=O) groups excluding carboxylic acids is 1. The first-order valence-electron chi connectivity index (χ1n) is 11.2. The van der Waals surface area contributed by atoms with Gasteiger partial charge < -0.3 is 4.43 Å². The molecule has 2 radical (unpaired) electrons. The van der Waals surface area contributed by atoms with Crippen molar-refractivity contribution in [3.05, 3.63) is 0 Å². The predicted octanol–water partition coefficient (Wildman–Crippen LogP) is 7.63. The lowest BCUT2D eigenvalue weighted by atomic mass is 10.0. The van der Waals surface area contributed by atoms with Crippen LogP contribution >= 0.6 is 0 Å². The van der Waals surface area contributed by atoms with Crippen molar-refractivity contribution >= 4 is 15.7 Å². The van der Waals surface area contributed by atoms with Crippen LogP contribution in [0, 0.1) is 0 Å². The van der Waals surface area contributed by atoms with Gasteiger partial charge in [-0.05, 0) is 12.5 Å². The summed E-state index contributed by atoms with van der Waals surface area (Å²) >= 11 is 0. The fourth-order valence-corrected chi connectivity index (χ4v) is 3.67. The van der Waals surface area contributed by atoms with Crippen molar-refractivity contribution < 1.29 is 9.22 Å². The quantitative estimate of drug-likeness (QED) is 0.163. The summed E-state index contributed by atoms with van der Waals surface area (Å²) < 4.78 is 5.20. The van der Waals surface area contributed by atoms with Crippen molar-refractivity contribution in [1.82, 2.24) is 0 Å². The van der Waals surface area contributed by atoms with E-state index in [0.717, 1.165) is 18.9 Å². The maximum atomic E-state index is 11.5. The van der Waals surface area contributed by atoms with Crippen molar-refractivity contribution in [2.75, 3.05) is 0 Å². The molecular formula is C22H44O2Si. The van der Waals surface area contributed by atoms with Gasteiger partial charge in [-0.2, -0.15) is 0 Å². The third-order valence-corrected chi connectivity index (χ3v) is 5.85. The van der Waals surface area contributed by atoms with Crippen molar-refractivity contribution in [1.29, 1.82) is 0 Å². The fraction of sp³-hybridized carbons (Fsp3) is 0.955. The first-order chi connectivity index (χ1) is 12.3. The topological polar surface area (TPSA) is 26.3 Å². The third kappa shape index (κ3) is 21.6. The first kappa shape index (κ1) is 24.7. The first-order valence-corrected chi connectivity index (χ1v) is 12.3. The highest BCUT2D eigenvalue weighted by molar-refractivity contribution is 6.30. The maximum absolute atomic E-state index is 11.5. The van der Waals surface area contributed by atoms with E-state index in [0.29, 0.717) is 16.2 Å². The summed E-state index contributed by atoms with van der Waals surface area (Å²) in [5.41, 5.74) is 0. The van der Waals surface area contributed by atoms with E-state index in [1.165, 1.54) is 96.3 Å². The number of carbonyl (C=O) groups is 1. The lowest BCUT2D eigenvalue weighted by Gasteiger charge is -2.04. The van der Waals surface area contributed by atoms with E-state index in [2.05, 4.69) is 13.8 Å². The molecule has 0 aliphatic heterocycles. The van der Waals surface area contributed by atoms with Crippen LogP contribution in [0.5, 0.6) is 0 Å². The molecule has 0 N–H and O–H groups in total. The smallest absolute Gasteiger partial charge is 0.314 e. The Kier molecular flexibility index (Phi) is 21.5. The van der Waals surface area contributed by atoms with Gasteiger partial charge in [0, 0.05) is 6.42 Å². The van der Waals surface area contributed by atoms with Crippen LogP contribution in [0.15, 0.2) is 0 Å². The van der Waals surface area contributed by atoms with Gasteiger partial charge in [-0.15, -0.1) is 0 Å². The number of rotatable bonds is 20. The summed E-state index contributed by atoms with van der Waals surface area (Å²) in [6, 6.07) is 1.02. The third-order valence-electron chi connectivity index (χ3n) is 4.77. The minimum absolute atomic E-state index is 0.0112. The van der Waals surface area contributed by atoms with Gasteiger partial charge >= 0.3 is 9.76 Å². The Hall–Kier alpha value is -0.313. The average Bonchev–Trinajstić information content (AvgIpc) is 2.61. The minimum atomic E-state index is 0.0112. The molecule has 0 aromatic rings. The van der Waals surface area contributed by atoms with Gasteiger partial charge in [0.05, 0.1) is 0 Å². The summed E-state index contributed by atoms with van der Waals surface area (Å²) in [5, 5.41) is 0. The molecule has 0 rings (SSSR count). The molecule has 0 saturated heterocycles. The molecule has 0 atom stereocenters. The standard InChI is InChI=1S/C22H44O2Si/c1-3-5-6-7-8-9-10-11-12-13-14-15-16-17-18-19-20-22(23)24-25-21-4-2/h3-21H2,1-2H3. The molecule has 3 heteroatoms. The molecule has 25 heavy (non-hydrogen) atoms. The molecule has 0 aliphatic carbocycles. The van der Waals surface area contributed by atoms with Crippen LogP contribution in [-0.2, 0) is 9.22 Å². The second kappa shape index (κ2) is 21.7. The Morgan fingerprint density at radius 1 is 0.600 bits per heavy atom. The molecule has 0 aromatic heterocycles. The number of unbranched alkanes of at least 4 members (excludes halogenated alkanes) is 15. The predicted molar refractivity (Wildman–Crippen MR) is 111 cm³/mol. The molecule has 0 bridgehead atoms. The normalized spacial score (nSPS) is 11.0. The highest BCUT2D eigenvalue weighted by Gasteiger charge is 2.02. The minimum Gasteiger partial charge on any atom is -0.516 e. The van der Waals surface area contributed by atoms with Crippen LogP contribution < -0.4 is 0 Å². The molecule has 0 aromatic carbocycles. The molecule has 2 nitrogen and oxygen atoms in total. The SMILES string of the molecule is CCCCCCCCCCCCCCCCCCC(=O)O[Si]CCC. The monoisotopic (exact) mass is 368 g/mol. The Morgan fingerprint density at radius 3 is 1.40 bits per heavy atom. The van der Waals surface area contributed by atoms with Crippen LogP contribution in [0.4, 0.5) is 0 Å². The van der Waals surface area contributed by atoms with Gasteiger partial charge in [0.2, 0.25) is 0 Å². The van der Waals surface area contributed by atoms with E-state index in [4.69, 9.17) is 4.43 Å². The van der Waals surface area contributed by atoms with Crippen molar-refractivity contribution in [3.63, 3.8) is 0 Å². The highest BCUT2D eigenvalue weighted by Crippen LogP contribution is 2.14. The second-order valence-electron chi connectivity index (χ2n) is 7.42. The molecule has 148 valence electrons. The van der Waals surface area contributed by atoms with E-state index >= 15 is 0 Å². The fourth-order valence-electron chi connectivity index (χ4n) is 3.10. The van der Waals surface area contributed by atoms with E-state index in [9.17, 15) is 4.79 Å². The van der Waals surface area contributed by atoms with Gasteiger partial charge in [-0.1, -0.05) is 117 Å². The Balaban J connectivity index is 3.06. The lowest BCUT2D eigenvalue weighted by Crippen LogP contribution is -2.07. The molecule has 0 unspecified atom stereocenters. The number of hydrogen-bond acceptors (Lipinski definition) is 2. The van der Waals surface area contributed by atoms with Crippen molar-refractivity contribution in [2.24, 2.45) is 0 Å². The second-order valence-corrected chi connectivity index (χ2v) is 8.41. The molecular weight excluding hydrogens is 324 g/mol.